The number of carbonyl (C=O) groups is 2. The van der Waals surface area contributed by atoms with E-state index in [2.05, 4.69) is 27.7 Å². The van der Waals surface area contributed by atoms with Crippen LogP contribution < -0.4 is 15.5 Å². The van der Waals surface area contributed by atoms with Crippen LogP contribution >= 0.6 is 0 Å². The molecule has 1 aliphatic rings. The Morgan fingerprint density at radius 1 is 1.15 bits per heavy atom. The normalized spacial score (nSPS) is 16.6. The summed E-state index contributed by atoms with van der Waals surface area (Å²) in [6.45, 7) is 2.96. The van der Waals surface area contributed by atoms with Crippen LogP contribution in [0.25, 0.3) is 6.08 Å². The topological polar surface area (TPSA) is 74.6 Å². The number of nitrogens with one attached hydrogen (secondary N) is 2. The lowest BCUT2D eigenvalue weighted by Gasteiger charge is -2.18. The lowest BCUT2D eigenvalue weighted by Crippen LogP contribution is -2.33. The van der Waals surface area contributed by atoms with Crippen LogP contribution in [0.15, 0.2) is 59.2 Å². The molecule has 1 aromatic carbocycles. The van der Waals surface area contributed by atoms with Crippen LogP contribution in [0.3, 0.4) is 0 Å². The highest BCUT2D eigenvalue weighted by Gasteiger charge is 2.22. The van der Waals surface area contributed by atoms with Gasteiger partial charge >= 0.3 is 0 Å². The molecule has 2 aromatic rings. The molecule has 2 N–H and O–H groups in total. The molecule has 1 fully saturated rings. The third-order valence-corrected chi connectivity index (χ3v) is 4.59. The smallest absolute Gasteiger partial charge is 0.244 e. The third kappa shape index (κ3) is 6.02. The van der Waals surface area contributed by atoms with E-state index in [0.29, 0.717) is 24.8 Å². The number of para-hydroxylation sites is 1. The van der Waals surface area contributed by atoms with E-state index < -0.39 is 0 Å². The van der Waals surface area contributed by atoms with Gasteiger partial charge in [0.2, 0.25) is 11.8 Å². The molecule has 0 radical (unpaired) electrons. The van der Waals surface area contributed by atoms with Crippen LogP contribution in [0, 0.1) is 5.92 Å². The second kappa shape index (κ2) is 9.62. The van der Waals surface area contributed by atoms with Gasteiger partial charge in [-0.3, -0.25) is 9.59 Å². The fraction of sp³-hybridized carbons (Fsp3) is 0.333. The van der Waals surface area contributed by atoms with E-state index >= 15 is 0 Å². The first-order chi connectivity index (χ1) is 13.2. The molecular formula is C21H25N3O3. The summed E-state index contributed by atoms with van der Waals surface area (Å²) in [5, 5.41) is 5.67. The van der Waals surface area contributed by atoms with Gasteiger partial charge in [-0.1, -0.05) is 18.2 Å². The maximum absolute atomic E-state index is 12.0. The van der Waals surface area contributed by atoms with Crippen molar-refractivity contribution in [2.75, 3.05) is 31.1 Å². The highest BCUT2D eigenvalue weighted by molar-refractivity contribution is 5.91. The molecule has 1 aliphatic heterocycles. The highest BCUT2D eigenvalue weighted by Crippen LogP contribution is 2.22. The molecule has 6 nitrogen and oxygen atoms in total. The third-order valence-electron chi connectivity index (χ3n) is 4.59. The van der Waals surface area contributed by atoms with Crippen LogP contribution in [0.4, 0.5) is 5.69 Å². The predicted molar refractivity (Wildman–Crippen MR) is 105 cm³/mol. The molecule has 0 saturated carbocycles. The van der Waals surface area contributed by atoms with Gasteiger partial charge in [0.1, 0.15) is 5.76 Å². The standard InChI is InChI=1S/C21H25N3O3/c25-20(9-8-19-7-4-14-27-19)22-12-10-21(26)23-15-17-11-13-24(16-17)18-5-2-1-3-6-18/h1-9,14,17H,10-13,15-16H2,(H,22,25)(H,23,26)/b9-8+. The number of furan rings is 1. The van der Waals surface area contributed by atoms with Gasteiger partial charge in [0.15, 0.2) is 0 Å². The maximum atomic E-state index is 12.0. The van der Waals surface area contributed by atoms with E-state index in [0.717, 1.165) is 19.5 Å². The van der Waals surface area contributed by atoms with Crippen LogP contribution in [0.2, 0.25) is 0 Å². The van der Waals surface area contributed by atoms with E-state index in [1.54, 1.807) is 24.5 Å². The van der Waals surface area contributed by atoms with Crippen molar-refractivity contribution < 1.29 is 14.0 Å². The van der Waals surface area contributed by atoms with Gasteiger partial charge in [-0.2, -0.15) is 0 Å². The van der Waals surface area contributed by atoms with Crippen molar-refractivity contribution in [2.45, 2.75) is 12.8 Å². The zero-order chi connectivity index (χ0) is 18.9. The molecule has 1 atom stereocenters. The van der Waals surface area contributed by atoms with Crippen molar-refractivity contribution in [3.63, 3.8) is 0 Å². The molecule has 142 valence electrons. The maximum Gasteiger partial charge on any atom is 0.244 e. The van der Waals surface area contributed by atoms with E-state index in [1.165, 1.54) is 11.8 Å². The SMILES string of the molecule is O=C(/C=C/c1ccco1)NCCC(=O)NCC1CCN(c2ccccc2)C1. The van der Waals surface area contributed by atoms with Crippen LogP contribution in [-0.4, -0.2) is 38.0 Å². The predicted octanol–water partition coefficient (Wildman–Crippen LogP) is 2.44. The van der Waals surface area contributed by atoms with Crippen LogP contribution in [0.5, 0.6) is 0 Å². The van der Waals surface area contributed by atoms with Crippen molar-refractivity contribution in [3.05, 3.63) is 60.6 Å². The molecule has 2 amide bonds. The Morgan fingerprint density at radius 3 is 2.78 bits per heavy atom. The number of hydrogen-bond acceptors (Lipinski definition) is 4. The Bertz CT molecular complexity index is 756. The molecule has 0 aliphatic carbocycles. The molecule has 27 heavy (non-hydrogen) atoms. The summed E-state index contributed by atoms with van der Waals surface area (Å²) >= 11 is 0. The van der Waals surface area contributed by atoms with Gasteiger partial charge in [-0.25, -0.2) is 0 Å². The molecular weight excluding hydrogens is 342 g/mol. The van der Waals surface area contributed by atoms with Crippen LogP contribution in [-0.2, 0) is 9.59 Å². The largest absolute Gasteiger partial charge is 0.465 e. The Labute approximate surface area is 159 Å². The van der Waals surface area contributed by atoms with Gasteiger partial charge in [-0.05, 0) is 42.7 Å². The van der Waals surface area contributed by atoms with Crippen LogP contribution in [0.1, 0.15) is 18.6 Å². The molecule has 2 heterocycles. The van der Waals surface area contributed by atoms with Gasteiger partial charge in [0.05, 0.1) is 6.26 Å². The Balaban J connectivity index is 1.29. The zero-order valence-corrected chi connectivity index (χ0v) is 15.3. The Hall–Kier alpha value is -3.02. The van der Waals surface area contributed by atoms with E-state index in [9.17, 15) is 9.59 Å². The number of carbonyl (C=O) groups excluding carboxylic acids is 2. The van der Waals surface area contributed by atoms with Gasteiger partial charge < -0.3 is 20.0 Å². The average Bonchev–Trinajstić information content (AvgIpc) is 3.37. The first-order valence-electron chi connectivity index (χ1n) is 9.27. The first kappa shape index (κ1) is 18.8. The van der Waals surface area contributed by atoms with Crippen molar-refractivity contribution >= 4 is 23.6 Å². The molecule has 3 rings (SSSR count). The van der Waals surface area contributed by atoms with Crippen molar-refractivity contribution in [1.29, 1.82) is 0 Å². The molecule has 1 unspecified atom stereocenters. The summed E-state index contributed by atoms with van der Waals surface area (Å²) in [6, 6.07) is 13.9. The summed E-state index contributed by atoms with van der Waals surface area (Å²) in [7, 11) is 0. The molecule has 6 heteroatoms. The van der Waals surface area contributed by atoms with E-state index in [-0.39, 0.29) is 18.2 Å². The fourth-order valence-electron chi connectivity index (χ4n) is 3.12. The quantitative estimate of drug-likeness (QED) is 0.703. The number of benzene rings is 1. The Kier molecular flexibility index (Phi) is 6.68. The number of amides is 2. The highest BCUT2D eigenvalue weighted by atomic mass is 16.3. The second-order valence-electron chi connectivity index (χ2n) is 6.63. The molecule has 1 saturated heterocycles. The lowest BCUT2D eigenvalue weighted by atomic mass is 10.1. The second-order valence-corrected chi connectivity index (χ2v) is 6.63. The number of hydrogen-bond donors (Lipinski definition) is 2. The van der Waals surface area contributed by atoms with Crippen molar-refractivity contribution in [1.82, 2.24) is 10.6 Å². The summed E-state index contributed by atoms with van der Waals surface area (Å²) in [5.41, 5.74) is 1.23. The fourth-order valence-corrected chi connectivity index (χ4v) is 3.12. The summed E-state index contributed by atoms with van der Waals surface area (Å²) in [6.07, 6.45) is 5.88. The summed E-state index contributed by atoms with van der Waals surface area (Å²) < 4.78 is 5.11. The Morgan fingerprint density at radius 2 is 2.00 bits per heavy atom. The van der Waals surface area contributed by atoms with E-state index in [1.807, 2.05) is 18.2 Å². The number of anilines is 1. The first-order valence-corrected chi connectivity index (χ1v) is 9.27. The monoisotopic (exact) mass is 367 g/mol. The van der Waals surface area contributed by atoms with Gasteiger partial charge in [0.25, 0.3) is 0 Å². The zero-order valence-electron chi connectivity index (χ0n) is 15.3. The van der Waals surface area contributed by atoms with Gasteiger partial charge in [-0.15, -0.1) is 0 Å². The summed E-state index contributed by atoms with van der Waals surface area (Å²) in [4.78, 5) is 26.0. The van der Waals surface area contributed by atoms with E-state index in [4.69, 9.17) is 4.42 Å². The lowest BCUT2D eigenvalue weighted by molar-refractivity contribution is -0.121. The summed E-state index contributed by atoms with van der Waals surface area (Å²) in [5.74, 6) is 0.793. The average molecular weight is 367 g/mol. The minimum absolute atomic E-state index is 0.0384. The number of rotatable bonds is 8. The van der Waals surface area contributed by atoms with Crippen molar-refractivity contribution in [2.24, 2.45) is 5.92 Å². The number of nitrogens with zero attached hydrogens (tertiary/aromatic N) is 1. The van der Waals surface area contributed by atoms with Gasteiger partial charge in [0, 0.05) is 44.4 Å². The van der Waals surface area contributed by atoms with Crippen molar-refractivity contribution in [3.8, 4) is 0 Å². The molecule has 0 bridgehead atoms. The minimum atomic E-state index is -0.242. The minimum Gasteiger partial charge on any atom is -0.465 e. The molecule has 1 aromatic heterocycles. The molecule has 0 spiro atoms.